The van der Waals surface area contributed by atoms with E-state index in [1.807, 2.05) is 23.1 Å². The molecule has 0 aliphatic rings. The predicted molar refractivity (Wildman–Crippen MR) is 68.4 cm³/mol. The Bertz CT molecular complexity index is 258. The maximum Gasteiger partial charge on any atom is 0.0179 e. The Morgan fingerprint density at radius 1 is 1.36 bits per heavy atom. The fraction of sp³-hybridized carbons (Fsp3) is 0.636. The summed E-state index contributed by atoms with van der Waals surface area (Å²) >= 11 is 3.83. The Morgan fingerprint density at radius 2 is 2.07 bits per heavy atom. The van der Waals surface area contributed by atoms with Crippen LogP contribution in [0, 0.1) is 0 Å². The summed E-state index contributed by atoms with van der Waals surface area (Å²) in [5.41, 5.74) is 6.03. The second kappa shape index (κ2) is 6.49. The van der Waals surface area contributed by atoms with Crippen molar-refractivity contribution in [2.45, 2.75) is 32.7 Å². The van der Waals surface area contributed by atoms with E-state index in [0.717, 1.165) is 18.6 Å². The summed E-state index contributed by atoms with van der Waals surface area (Å²) in [6, 6.07) is 4.77. The average Bonchev–Trinajstić information content (AvgIpc) is 2.62. The van der Waals surface area contributed by atoms with Gasteiger partial charge in [0.2, 0.25) is 0 Å². The molecule has 1 heterocycles. The van der Waals surface area contributed by atoms with Gasteiger partial charge in [0.05, 0.1) is 0 Å². The molecule has 0 radical (unpaired) electrons. The van der Waals surface area contributed by atoms with Crippen LogP contribution in [0.5, 0.6) is 0 Å². The zero-order valence-electron chi connectivity index (χ0n) is 8.95. The summed E-state index contributed by atoms with van der Waals surface area (Å²) in [6.07, 6.45) is 2.18. The number of hydrogen-bond donors (Lipinski definition) is 1. The van der Waals surface area contributed by atoms with E-state index in [0.29, 0.717) is 6.04 Å². The van der Waals surface area contributed by atoms with Crippen molar-refractivity contribution in [1.82, 2.24) is 0 Å². The van der Waals surface area contributed by atoms with Crippen molar-refractivity contribution in [2.75, 3.05) is 11.5 Å². The molecule has 1 atom stereocenters. The molecule has 0 fully saturated rings. The van der Waals surface area contributed by atoms with E-state index in [-0.39, 0.29) is 0 Å². The topological polar surface area (TPSA) is 26.0 Å². The molecule has 1 rings (SSSR count). The van der Waals surface area contributed by atoms with E-state index in [4.69, 9.17) is 5.73 Å². The van der Waals surface area contributed by atoms with Gasteiger partial charge in [-0.1, -0.05) is 13.8 Å². The van der Waals surface area contributed by atoms with Gasteiger partial charge in [-0.05, 0) is 30.7 Å². The normalized spacial score (nSPS) is 13.1. The molecule has 0 aromatic carbocycles. The van der Waals surface area contributed by atoms with Crippen molar-refractivity contribution in [2.24, 2.45) is 5.73 Å². The van der Waals surface area contributed by atoms with Gasteiger partial charge in [-0.3, -0.25) is 0 Å². The monoisotopic (exact) mass is 229 g/mol. The molecule has 1 aromatic heterocycles. The van der Waals surface area contributed by atoms with Gasteiger partial charge in [0.25, 0.3) is 0 Å². The molecule has 14 heavy (non-hydrogen) atoms. The smallest absolute Gasteiger partial charge is 0.0179 e. The molecule has 0 spiro atoms. The highest BCUT2D eigenvalue weighted by Gasteiger charge is 2.05. The van der Waals surface area contributed by atoms with Crippen LogP contribution in [0.1, 0.15) is 23.6 Å². The molecule has 0 saturated heterocycles. The number of thiophene rings is 1. The zero-order chi connectivity index (χ0) is 10.4. The lowest BCUT2D eigenvalue weighted by Crippen LogP contribution is -2.25. The standard InChI is InChI=1S/C11H19NS2/c1-3-10-5-6-11(14-10)7-9(12)8-13-4-2/h5-6,9H,3-4,7-8,12H2,1-2H3. The van der Waals surface area contributed by atoms with Crippen LogP contribution in [0.3, 0.4) is 0 Å². The Kier molecular flexibility index (Phi) is 5.60. The van der Waals surface area contributed by atoms with E-state index in [1.165, 1.54) is 15.5 Å². The highest BCUT2D eigenvalue weighted by Crippen LogP contribution is 2.18. The molecule has 0 aliphatic heterocycles. The van der Waals surface area contributed by atoms with Crippen LogP contribution in [0.4, 0.5) is 0 Å². The third-order valence-corrected chi connectivity index (χ3v) is 4.39. The second-order valence-corrected chi connectivity index (χ2v) is 5.92. The first kappa shape index (κ1) is 12.1. The number of hydrogen-bond acceptors (Lipinski definition) is 3. The Morgan fingerprint density at radius 3 is 2.64 bits per heavy atom. The number of thioether (sulfide) groups is 1. The van der Waals surface area contributed by atoms with Gasteiger partial charge in [0, 0.05) is 21.5 Å². The van der Waals surface area contributed by atoms with Crippen LogP contribution in [0.25, 0.3) is 0 Å². The first-order valence-electron chi connectivity index (χ1n) is 5.17. The van der Waals surface area contributed by atoms with Crippen molar-refractivity contribution in [1.29, 1.82) is 0 Å². The lowest BCUT2D eigenvalue weighted by Gasteiger charge is -2.08. The largest absolute Gasteiger partial charge is 0.327 e. The van der Waals surface area contributed by atoms with Gasteiger partial charge in [0.1, 0.15) is 0 Å². The minimum absolute atomic E-state index is 0.323. The molecule has 0 amide bonds. The molecule has 80 valence electrons. The highest BCUT2D eigenvalue weighted by atomic mass is 32.2. The van der Waals surface area contributed by atoms with Gasteiger partial charge in [-0.2, -0.15) is 11.8 Å². The second-order valence-electron chi connectivity index (χ2n) is 3.35. The Hall–Kier alpha value is 0.01000. The van der Waals surface area contributed by atoms with Crippen LogP contribution in [0.2, 0.25) is 0 Å². The van der Waals surface area contributed by atoms with Gasteiger partial charge >= 0.3 is 0 Å². The van der Waals surface area contributed by atoms with Gasteiger partial charge < -0.3 is 5.73 Å². The van der Waals surface area contributed by atoms with Crippen molar-refractivity contribution < 1.29 is 0 Å². The van der Waals surface area contributed by atoms with Crippen LogP contribution in [0.15, 0.2) is 12.1 Å². The Labute approximate surface area is 95.1 Å². The SMILES string of the molecule is CCSCC(N)Cc1ccc(CC)s1. The van der Waals surface area contributed by atoms with E-state index >= 15 is 0 Å². The molecule has 1 aromatic rings. The van der Waals surface area contributed by atoms with Crippen LogP contribution in [-0.2, 0) is 12.8 Å². The summed E-state index contributed by atoms with van der Waals surface area (Å²) in [7, 11) is 0. The van der Waals surface area contributed by atoms with E-state index in [1.54, 1.807) is 0 Å². The van der Waals surface area contributed by atoms with Crippen LogP contribution < -0.4 is 5.73 Å². The van der Waals surface area contributed by atoms with Crippen LogP contribution in [-0.4, -0.2) is 17.5 Å². The summed E-state index contributed by atoms with van der Waals surface area (Å²) in [5, 5.41) is 0. The minimum atomic E-state index is 0.323. The Balaban J connectivity index is 2.35. The van der Waals surface area contributed by atoms with Gasteiger partial charge in [0.15, 0.2) is 0 Å². The number of nitrogens with two attached hydrogens (primary N) is 1. The fourth-order valence-corrected chi connectivity index (χ4v) is 3.02. The van der Waals surface area contributed by atoms with Crippen LogP contribution >= 0.6 is 23.1 Å². The number of aryl methyl sites for hydroxylation is 1. The fourth-order valence-electron chi connectivity index (χ4n) is 1.31. The maximum absolute atomic E-state index is 6.03. The third kappa shape index (κ3) is 4.03. The molecule has 3 heteroatoms. The minimum Gasteiger partial charge on any atom is -0.327 e. The molecule has 0 aliphatic carbocycles. The summed E-state index contributed by atoms with van der Waals surface area (Å²) < 4.78 is 0. The van der Waals surface area contributed by atoms with Gasteiger partial charge in [-0.25, -0.2) is 0 Å². The first-order chi connectivity index (χ1) is 6.76. The number of rotatable bonds is 6. The highest BCUT2D eigenvalue weighted by molar-refractivity contribution is 7.99. The molecule has 1 nitrogen and oxygen atoms in total. The van der Waals surface area contributed by atoms with Crippen molar-refractivity contribution in [3.63, 3.8) is 0 Å². The van der Waals surface area contributed by atoms with Crippen molar-refractivity contribution in [3.8, 4) is 0 Å². The van der Waals surface area contributed by atoms with E-state index in [2.05, 4.69) is 26.0 Å². The summed E-state index contributed by atoms with van der Waals surface area (Å²) in [4.78, 5) is 2.90. The van der Waals surface area contributed by atoms with E-state index in [9.17, 15) is 0 Å². The molecule has 1 unspecified atom stereocenters. The molecule has 2 N–H and O–H groups in total. The molecular formula is C11H19NS2. The zero-order valence-corrected chi connectivity index (χ0v) is 10.6. The molecule has 0 bridgehead atoms. The van der Waals surface area contributed by atoms with Crippen molar-refractivity contribution >= 4 is 23.1 Å². The molecular weight excluding hydrogens is 210 g/mol. The van der Waals surface area contributed by atoms with Gasteiger partial charge in [-0.15, -0.1) is 11.3 Å². The predicted octanol–water partition coefficient (Wildman–Crippen LogP) is 2.93. The molecule has 0 saturated carbocycles. The lowest BCUT2D eigenvalue weighted by molar-refractivity contribution is 0.757. The van der Waals surface area contributed by atoms with Crippen molar-refractivity contribution in [3.05, 3.63) is 21.9 Å². The third-order valence-electron chi connectivity index (χ3n) is 2.07. The summed E-state index contributed by atoms with van der Waals surface area (Å²) in [5.74, 6) is 2.24. The maximum atomic E-state index is 6.03. The first-order valence-corrected chi connectivity index (χ1v) is 7.14. The lowest BCUT2D eigenvalue weighted by atomic mass is 10.2. The summed E-state index contributed by atoms with van der Waals surface area (Å²) in [6.45, 7) is 4.38. The quantitative estimate of drug-likeness (QED) is 0.811. The average molecular weight is 229 g/mol. The van der Waals surface area contributed by atoms with E-state index < -0.39 is 0 Å².